The first-order valence-electron chi connectivity index (χ1n) is 19.5. The molecule has 0 amide bonds. The van der Waals surface area contributed by atoms with Crippen molar-refractivity contribution in [2.45, 2.75) is 141 Å². The first kappa shape index (κ1) is 43.0. The molecular formula is C38H58N7O8P. The molecule has 16 heteroatoms. The van der Waals surface area contributed by atoms with Crippen molar-refractivity contribution in [1.82, 2.24) is 19.6 Å². The summed E-state index contributed by atoms with van der Waals surface area (Å²) in [6.45, 7) is 3.57. The monoisotopic (exact) mass is 771 g/mol. The Labute approximate surface area is 317 Å². The summed E-state index contributed by atoms with van der Waals surface area (Å²) in [5.74, 6) is -0.652. The molecule has 1 aliphatic heterocycles. The van der Waals surface area contributed by atoms with Gasteiger partial charge in [-0.2, -0.15) is 0 Å². The first-order chi connectivity index (χ1) is 26.2. The predicted octanol–water partition coefficient (Wildman–Crippen LogP) is 8.29. The predicted molar refractivity (Wildman–Crippen MR) is 208 cm³/mol. The van der Waals surface area contributed by atoms with E-state index in [1.54, 1.807) is 13.1 Å². The fraction of sp³-hybridized carbons (Fsp3) is 0.658. The second kappa shape index (κ2) is 22.6. The van der Waals surface area contributed by atoms with Gasteiger partial charge in [-0.25, -0.2) is 14.4 Å². The number of azide groups is 1. The number of esters is 1. The number of carbonyl (C=O) groups excluding carboxylic acids is 1. The van der Waals surface area contributed by atoms with Crippen LogP contribution in [0.5, 0.6) is 0 Å². The summed E-state index contributed by atoms with van der Waals surface area (Å²) in [5, 5.41) is 7.58. The lowest BCUT2D eigenvalue weighted by molar-refractivity contribution is -0.142. The minimum Gasteiger partial charge on any atom is -0.468 e. The highest BCUT2D eigenvalue weighted by Gasteiger charge is 2.40. The molecule has 5 atom stereocenters. The van der Waals surface area contributed by atoms with Gasteiger partial charge in [-0.05, 0) is 30.5 Å². The van der Waals surface area contributed by atoms with Crippen LogP contribution in [0.15, 0.2) is 51.4 Å². The van der Waals surface area contributed by atoms with Crippen molar-refractivity contribution >= 4 is 24.6 Å². The van der Waals surface area contributed by atoms with Crippen molar-refractivity contribution in [2.24, 2.45) is 5.11 Å². The normalized spacial score (nSPS) is 18.7. The molecule has 15 nitrogen and oxygen atoms in total. The van der Waals surface area contributed by atoms with E-state index in [0.717, 1.165) is 35.7 Å². The van der Waals surface area contributed by atoms with Crippen LogP contribution in [0, 0.1) is 6.92 Å². The minimum absolute atomic E-state index is 0.104. The molecule has 1 unspecified atom stereocenters. The Hall–Kier alpha value is -3.71. The summed E-state index contributed by atoms with van der Waals surface area (Å²) in [7, 11) is -2.96. The molecule has 1 fully saturated rings. The van der Waals surface area contributed by atoms with Gasteiger partial charge in [0.2, 0.25) is 0 Å². The second-order valence-electron chi connectivity index (χ2n) is 14.1. The average molecular weight is 772 g/mol. The lowest BCUT2D eigenvalue weighted by Gasteiger charge is -2.26. The number of carbonyl (C=O) groups is 1. The van der Waals surface area contributed by atoms with Gasteiger partial charge < -0.3 is 14.5 Å². The molecule has 0 aliphatic carbocycles. The number of hydrogen-bond donors (Lipinski definition) is 3. The molecule has 0 radical (unpaired) electrons. The number of methoxy groups -OCH3 is 1. The van der Waals surface area contributed by atoms with Gasteiger partial charge in [0.25, 0.3) is 5.56 Å². The Bertz CT molecular complexity index is 1820. The Morgan fingerprint density at radius 1 is 1.04 bits per heavy atom. The van der Waals surface area contributed by atoms with Crippen molar-refractivity contribution in [1.29, 1.82) is 0 Å². The molecule has 4 rings (SSSR count). The molecule has 2 aromatic heterocycles. The van der Waals surface area contributed by atoms with E-state index in [-0.39, 0.29) is 26.1 Å². The number of rotatable bonds is 26. The maximum Gasteiger partial charge on any atom is 0.406 e. The molecule has 54 heavy (non-hydrogen) atoms. The number of unbranched alkanes of at least 4 members (excludes halogenated alkanes) is 13. The molecule has 3 aromatic rings. The molecule has 1 saturated heterocycles. The second-order valence-corrected chi connectivity index (χ2v) is 15.9. The molecule has 0 bridgehead atoms. The lowest BCUT2D eigenvalue weighted by atomic mass is 10.0. The summed E-state index contributed by atoms with van der Waals surface area (Å²) in [6.07, 6.45) is 18.2. The third kappa shape index (κ3) is 13.2. The molecular weight excluding hydrogens is 713 g/mol. The summed E-state index contributed by atoms with van der Waals surface area (Å²) in [5.41, 5.74) is 10.1. The van der Waals surface area contributed by atoms with E-state index in [1.165, 1.54) is 82.1 Å². The Kier molecular flexibility index (Phi) is 18.0. The Morgan fingerprint density at radius 2 is 1.69 bits per heavy atom. The van der Waals surface area contributed by atoms with Crippen LogP contribution in [0.3, 0.4) is 0 Å². The zero-order valence-corrected chi connectivity index (χ0v) is 32.9. The van der Waals surface area contributed by atoms with E-state index in [1.807, 2.05) is 24.3 Å². The van der Waals surface area contributed by atoms with Crippen LogP contribution >= 0.6 is 7.75 Å². The van der Waals surface area contributed by atoms with Gasteiger partial charge in [-0.15, -0.1) is 0 Å². The van der Waals surface area contributed by atoms with Crippen molar-refractivity contribution in [2.75, 3.05) is 20.3 Å². The molecule has 1 aliphatic rings. The number of ether oxygens (including phenoxy) is 2. The SMILES string of the molecule is CCCCCCCCCCCCCCCCOP(=O)(N[C@@H](Cc1c[nH]c2ccccc12)C(=O)OC)OC[C@H]1O[C@@H](n2cc(C)c(=O)[nH]c2=O)C[C@@H]1N=[N+]=[N-]. The van der Waals surface area contributed by atoms with Crippen LogP contribution in [0.1, 0.15) is 121 Å². The molecule has 0 saturated carbocycles. The topological polar surface area (TPSA) is 202 Å². The number of fused-ring (bicyclic) bond motifs is 1. The maximum atomic E-state index is 14.5. The van der Waals surface area contributed by atoms with E-state index in [4.69, 9.17) is 18.5 Å². The number of hydrogen-bond acceptors (Lipinski definition) is 9. The highest BCUT2D eigenvalue weighted by atomic mass is 31.2. The standard InChI is InChI=1S/C38H58N7O8P/c1-4-5-6-7-8-9-10-11-12-13-14-15-16-19-22-51-54(49,43-33(37(47)50-3)23-29-25-40-31-21-18-17-20-30(29)31)52-27-34-32(42-44-39)24-35(53-34)45-26-28(2)36(46)41-38(45)48/h17-18,20-21,25-26,32-35,40H,4-16,19,22-24,27H2,1-3H3,(H,43,49)(H,41,46,48)/t32-,33-,34+,35+,54?/m0/s1. The minimum atomic E-state index is -4.21. The third-order valence-corrected chi connectivity index (χ3v) is 11.6. The third-order valence-electron chi connectivity index (χ3n) is 9.93. The highest BCUT2D eigenvalue weighted by Crippen LogP contribution is 2.46. The number of nitrogens with one attached hydrogen (secondary N) is 3. The molecule has 1 aromatic carbocycles. The summed E-state index contributed by atoms with van der Waals surface area (Å²) in [4.78, 5) is 46.0. The van der Waals surface area contributed by atoms with Gasteiger partial charge >= 0.3 is 19.4 Å². The maximum absolute atomic E-state index is 14.5. The van der Waals surface area contributed by atoms with Crippen LogP contribution in [-0.4, -0.2) is 59.0 Å². The van der Waals surface area contributed by atoms with E-state index >= 15 is 0 Å². The summed E-state index contributed by atoms with van der Waals surface area (Å²) < 4.78 is 38.7. The van der Waals surface area contributed by atoms with Crippen LogP contribution < -0.4 is 16.3 Å². The van der Waals surface area contributed by atoms with E-state index in [2.05, 4.69) is 32.0 Å². The van der Waals surface area contributed by atoms with Crippen LogP contribution in [0.25, 0.3) is 21.3 Å². The molecule has 3 N–H and O–H groups in total. The quantitative estimate of drug-likeness (QED) is 0.0179. The number of aryl methyl sites for hydroxylation is 1. The largest absolute Gasteiger partial charge is 0.468 e. The average Bonchev–Trinajstić information content (AvgIpc) is 3.77. The van der Waals surface area contributed by atoms with Gasteiger partial charge in [-0.3, -0.25) is 28.2 Å². The van der Waals surface area contributed by atoms with E-state index in [9.17, 15) is 24.5 Å². The van der Waals surface area contributed by atoms with Gasteiger partial charge in [0.05, 0.1) is 32.5 Å². The lowest BCUT2D eigenvalue weighted by Crippen LogP contribution is -2.39. The molecule has 0 spiro atoms. The molecule has 3 heterocycles. The van der Waals surface area contributed by atoms with Gasteiger partial charge in [0, 0.05) is 46.6 Å². The summed E-state index contributed by atoms with van der Waals surface area (Å²) >= 11 is 0. The van der Waals surface area contributed by atoms with Crippen molar-refractivity contribution in [3.8, 4) is 0 Å². The number of nitrogens with zero attached hydrogens (tertiary/aromatic N) is 4. The first-order valence-corrected chi connectivity index (χ1v) is 21.0. The zero-order chi connectivity index (χ0) is 38.8. The number of benzene rings is 1. The van der Waals surface area contributed by atoms with Gasteiger partial charge in [0.1, 0.15) is 12.3 Å². The van der Waals surface area contributed by atoms with Gasteiger partial charge in [-0.1, -0.05) is 114 Å². The number of aromatic amines is 2. The van der Waals surface area contributed by atoms with Crippen molar-refractivity contribution < 1.29 is 27.9 Å². The number of para-hydroxylation sites is 1. The zero-order valence-electron chi connectivity index (χ0n) is 32.0. The Morgan fingerprint density at radius 3 is 2.33 bits per heavy atom. The van der Waals surface area contributed by atoms with E-state index < -0.39 is 49.4 Å². The Balaban J connectivity index is 1.37. The van der Waals surface area contributed by atoms with Crippen molar-refractivity contribution in [3.63, 3.8) is 0 Å². The van der Waals surface area contributed by atoms with Crippen LogP contribution in [0.2, 0.25) is 0 Å². The fourth-order valence-electron chi connectivity index (χ4n) is 6.82. The van der Waals surface area contributed by atoms with Crippen molar-refractivity contribution in [3.05, 3.63) is 79.1 Å². The van der Waals surface area contributed by atoms with Crippen LogP contribution in [0.4, 0.5) is 0 Å². The summed E-state index contributed by atoms with van der Waals surface area (Å²) in [6, 6.07) is 5.76. The fourth-order valence-corrected chi connectivity index (χ4v) is 8.34. The number of aromatic nitrogens is 3. The number of H-pyrrole nitrogens is 2. The van der Waals surface area contributed by atoms with Crippen LogP contribution in [-0.2, 0) is 34.3 Å². The smallest absolute Gasteiger partial charge is 0.406 e. The van der Waals surface area contributed by atoms with E-state index in [0.29, 0.717) is 12.0 Å². The highest BCUT2D eigenvalue weighted by molar-refractivity contribution is 7.51. The molecule has 298 valence electrons. The van der Waals surface area contributed by atoms with Gasteiger partial charge in [0.15, 0.2) is 0 Å².